The van der Waals surface area contributed by atoms with Gasteiger partial charge in [-0.1, -0.05) is 224 Å². The van der Waals surface area contributed by atoms with E-state index >= 15 is 0 Å². The van der Waals surface area contributed by atoms with E-state index in [1.54, 1.807) is 0 Å². The molecule has 5 nitrogen and oxygen atoms in total. The number of rotatable bonds is 5. The highest BCUT2D eigenvalue weighted by molar-refractivity contribution is 6.25. The number of benzene rings is 17. The number of nitrogens with zero attached hydrogens (tertiary/aromatic N) is 3. The number of hydrogen-bond donors (Lipinski definition) is 0. The molecule has 0 fully saturated rings. The summed E-state index contributed by atoms with van der Waals surface area (Å²) in [6.45, 7) is 0. The summed E-state index contributed by atoms with van der Waals surface area (Å²) in [6, 6.07) is 112. The smallest absolute Gasteiger partial charge is 0.135 e. The molecule has 0 spiro atoms. The minimum Gasteiger partial charge on any atom is -0.456 e. The number of fused-ring (bicyclic) bond motifs is 15. The number of pyridine rings is 1. The monoisotopic (exact) mass is 1220 g/mol. The number of ether oxygens (including phenoxy) is 2. The van der Waals surface area contributed by atoms with E-state index in [-0.39, 0.29) is 0 Å². The molecule has 0 saturated heterocycles. The molecule has 17 aromatic carbocycles. The van der Waals surface area contributed by atoms with Gasteiger partial charge in [-0.25, -0.2) is 0 Å². The van der Waals surface area contributed by atoms with Crippen LogP contribution in [0.15, 0.2) is 310 Å². The lowest BCUT2D eigenvalue weighted by Crippen LogP contribution is -1.98. The van der Waals surface area contributed by atoms with Gasteiger partial charge in [0.25, 0.3) is 0 Å². The summed E-state index contributed by atoms with van der Waals surface area (Å²) in [5.41, 5.74) is 16.8. The molecule has 0 aliphatic carbocycles. The Morgan fingerprint density at radius 3 is 1.27 bits per heavy atom. The van der Waals surface area contributed by atoms with E-state index in [0.29, 0.717) is 11.1 Å². The number of nitriles is 2. The molecule has 3 heterocycles. The Kier molecular flexibility index (Phi) is 12.3. The molecule has 5 heteroatoms. The van der Waals surface area contributed by atoms with Gasteiger partial charge >= 0.3 is 0 Å². The standard InChI is InChI=1S/C51H29NO.C40H22N2O/c52-30-35-23-25-44-43-24-22-33(27-50(43)53-49-21-9-19-37(35)51(44)49)32-12-7-13-34(26-32)45-28-47-42-18-6-5-17-41(42)46(29-48(47)40-16-4-3-15-39(40)45)38-20-8-11-31-10-1-2-14-36(31)38;41-22-26-14-18-34-33-17-13-25(20-39(33)43-38-11-5-10-29(26)40(34)38)37-19-15-27(23-42-37)35-21-36-28-7-2-1-6-24(28)12-16-32(36)30-8-3-4-9-31(30)35/h1-29H;1-21,23H. The Morgan fingerprint density at radius 2 is 0.656 bits per heavy atom. The summed E-state index contributed by atoms with van der Waals surface area (Å²) in [6.07, 6.45) is 1.98. The molecule has 1 aromatic heterocycles. The first-order valence-electron chi connectivity index (χ1n) is 32.3. The highest BCUT2D eigenvalue weighted by Gasteiger charge is 2.25. The van der Waals surface area contributed by atoms with Crippen molar-refractivity contribution in [3.63, 3.8) is 0 Å². The topological polar surface area (TPSA) is 78.9 Å². The van der Waals surface area contributed by atoms with E-state index in [0.717, 1.165) is 94.7 Å². The second kappa shape index (κ2) is 21.7. The zero-order valence-corrected chi connectivity index (χ0v) is 51.6. The molecule has 442 valence electrons. The van der Waals surface area contributed by atoms with Crippen LogP contribution in [0.2, 0.25) is 0 Å². The van der Waals surface area contributed by atoms with E-state index in [2.05, 4.69) is 255 Å². The van der Waals surface area contributed by atoms with Crippen molar-refractivity contribution in [1.82, 2.24) is 4.98 Å². The Morgan fingerprint density at radius 1 is 0.229 bits per heavy atom. The second-order valence-corrected chi connectivity index (χ2v) is 25.0. The molecular weight excluding hydrogens is 1170 g/mol. The molecule has 96 heavy (non-hydrogen) atoms. The Hall–Kier alpha value is -13.2. The molecule has 18 aromatic rings. The van der Waals surface area contributed by atoms with E-state index < -0.39 is 0 Å². The first-order valence-corrected chi connectivity index (χ1v) is 32.3. The number of hydrogen-bond acceptors (Lipinski definition) is 5. The van der Waals surface area contributed by atoms with Crippen LogP contribution < -0.4 is 9.47 Å². The van der Waals surface area contributed by atoms with Gasteiger partial charge in [-0.2, -0.15) is 10.5 Å². The lowest BCUT2D eigenvalue weighted by Gasteiger charge is -2.22. The summed E-state index contributed by atoms with van der Waals surface area (Å²) in [5, 5.41) is 40.6. The van der Waals surface area contributed by atoms with Crippen molar-refractivity contribution in [2.75, 3.05) is 0 Å². The molecule has 2 aliphatic heterocycles. The normalized spacial score (nSPS) is 11.9. The maximum absolute atomic E-state index is 9.72. The summed E-state index contributed by atoms with van der Waals surface area (Å²) in [7, 11) is 0. The average Bonchev–Trinajstić information content (AvgIpc) is 0.754. The van der Waals surface area contributed by atoms with Crippen molar-refractivity contribution in [2.45, 2.75) is 0 Å². The molecule has 0 amide bonds. The third-order valence-corrected chi connectivity index (χ3v) is 19.8. The van der Waals surface area contributed by atoms with Crippen molar-refractivity contribution in [3.8, 4) is 113 Å². The fraction of sp³-hybridized carbons (Fsp3) is 0. The Bertz CT molecular complexity index is 6480. The van der Waals surface area contributed by atoms with Gasteiger partial charge in [0.05, 0.1) is 29.0 Å². The first kappa shape index (κ1) is 54.5. The van der Waals surface area contributed by atoms with Crippen LogP contribution >= 0.6 is 0 Å². The molecule has 0 N–H and O–H groups in total. The van der Waals surface area contributed by atoms with Gasteiger partial charge in [0.1, 0.15) is 23.0 Å². The van der Waals surface area contributed by atoms with Gasteiger partial charge in [0.15, 0.2) is 0 Å². The van der Waals surface area contributed by atoms with Crippen molar-refractivity contribution in [1.29, 1.82) is 10.5 Å². The lowest BCUT2D eigenvalue weighted by molar-refractivity contribution is 0.487. The molecule has 0 bridgehead atoms. The highest BCUT2D eigenvalue weighted by atomic mass is 16.5. The molecule has 2 aliphatic rings. The molecular formula is C91H51N3O2. The van der Waals surface area contributed by atoms with Crippen molar-refractivity contribution >= 4 is 97.0 Å². The summed E-state index contributed by atoms with van der Waals surface area (Å²) < 4.78 is 12.9. The minimum atomic E-state index is 0.654. The largest absolute Gasteiger partial charge is 0.456 e. The zero-order chi connectivity index (χ0) is 63.5. The molecule has 0 saturated carbocycles. The predicted molar refractivity (Wildman–Crippen MR) is 396 cm³/mol. The van der Waals surface area contributed by atoms with Crippen molar-refractivity contribution in [2.24, 2.45) is 0 Å². The Labute approximate surface area is 552 Å². The predicted octanol–water partition coefficient (Wildman–Crippen LogP) is 24.8. The SMILES string of the molecule is N#Cc1ccc2c3c(cccc13)Oc1cc(-c3ccc(-c4cc5c6ccccc6ccc5c5ccccc45)cn3)ccc1-2.N#Cc1ccc2c3c(cccc13)Oc1cc(-c3cccc(-c4cc5c6ccccc6c(-c6cccc7ccccc67)cc5c5ccccc45)c3)ccc1-2. The van der Waals surface area contributed by atoms with Crippen LogP contribution in [-0.4, -0.2) is 4.98 Å². The Balaban J connectivity index is 0.000000138. The third-order valence-electron chi connectivity index (χ3n) is 19.8. The summed E-state index contributed by atoms with van der Waals surface area (Å²) in [5.74, 6) is 3.17. The van der Waals surface area contributed by atoms with Gasteiger partial charge in [0.2, 0.25) is 0 Å². The van der Waals surface area contributed by atoms with Crippen LogP contribution in [0.25, 0.3) is 175 Å². The van der Waals surface area contributed by atoms with Gasteiger partial charge < -0.3 is 9.47 Å². The summed E-state index contributed by atoms with van der Waals surface area (Å²) >= 11 is 0. The van der Waals surface area contributed by atoms with Gasteiger partial charge in [-0.15, -0.1) is 0 Å². The number of aromatic nitrogens is 1. The van der Waals surface area contributed by atoms with E-state index in [4.69, 9.17) is 14.5 Å². The maximum atomic E-state index is 9.72. The zero-order valence-electron chi connectivity index (χ0n) is 51.6. The lowest BCUT2D eigenvalue weighted by atomic mass is 9.86. The second-order valence-electron chi connectivity index (χ2n) is 25.0. The molecule has 0 unspecified atom stereocenters. The van der Waals surface area contributed by atoms with Gasteiger partial charge in [0, 0.05) is 50.0 Å². The van der Waals surface area contributed by atoms with Crippen LogP contribution in [-0.2, 0) is 0 Å². The van der Waals surface area contributed by atoms with E-state index in [1.807, 2.05) is 66.9 Å². The van der Waals surface area contributed by atoms with Crippen LogP contribution in [0.1, 0.15) is 11.1 Å². The quantitative estimate of drug-likeness (QED) is 0.160. The molecule has 0 radical (unpaired) electrons. The maximum Gasteiger partial charge on any atom is 0.135 e. The summed E-state index contributed by atoms with van der Waals surface area (Å²) in [4.78, 5) is 4.94. The van der Waals surface area contributed by atoms with Gasteiger partial charge in [-0.3, -0.25) is 4.98 Å². The van der Waals surface area contributed by atoms with Crippen LogP contribution in [0, 0.1) is 22.7 Å². The van der Waals surface area contributed by atoms with Crippen molar-refractivity contribution < 1.29 is 9.47 Å². The van der Waals surface area contributed by atoms with Crippen molar-refractivity contribution in [3.05, 3.63) is 321 Å². The van der Waals surface area contributed by atoms with Crippen LogP contribution in [0.5, 0.6) is 23.0 Å². The molecule has 20 rings (SSSR count). The first-order chi connectivity index (χ1) is 47.5. The minimum absolute atomic E-state index is 0.654. The van der Waals surface area contributed by atoms with Crippen LogP contribution in [0.4, 0.5) is 0 Å². The highest BCUT2D eigenvalue weighted by Crippen LogP contribution is 2.51. The fourth-order valence-corrected chi connectivity index (χ4v) is 15.4. The van der Waals surface area contributed by atoms with E-state index in [1.165, 1.54) is 103 Å². The third kappa shape index (κ3) is 8.59. The average molecular weight is 1220 g/mol. The molecule has 0 atom stereocenters. The fourth-order valence-electron chi connectivity index (χ4n) is 15.4. The van der Waals surface area contributed by atoms with E-state index in [9.17, 15) is 10.5 Å². The van der Waals surface area contributed by atoms with Crippen LogP contribution in [0.3, 0.4) is 0 Å². The van der Waals surface area contributed by atoms with Gasteiger partial charge in [-0.05, 0) is 204 Å².